The van der Waals surface area contributed by atoms with Crippen molar-refractivity contribution in [2.45, 2.75) is 13.3 Å². The summed E-state index contributed by atoms with van der Waals surface area (Å²) in [5, 5.41) is 2.86. The van der Waals surface area contributed by atoms with Crippen LogP contribution >= 0.6 is 0 Å². The van der Waals surface area contributed by atoms with Gasteiger partial charge in [-0.2, -0.15) is 0 Å². The second kappa shape index (κ2) is 2.71. The Labute approximate surface area is 83.9 Å². The molecule has 0 spiro atoms. The van der Waals surface area contributed by atoms with Crippen LogP contribution in [0, 0.1) is 0 Å². The second-order valence-corrected chi connectivity index (χ2v) is 3.77. The molecule has 0 fully saturated rings. The molecule has 2 aromatic rings. The van der Waals surface area contributed by atoms with Gasteiger partial charge in [0.1, 0.15) is 0 Å². The van der Waals surface area contributed by atoms with Gasteiger partial charge < -0.3 is 0 Å². The lowest BCUT2D eigenvalue weighted by molar-refractivity contribution is 1.16. The summed E-state index contributed by atoms with van der Waals surface area (Å²) in [6.45, 7) is 2.21. The molecular weight excluding hydrogens is 168 g/mol. The Balaban J connectivity index is 2.51. The van der Waals surface area contributed by atoms with Crippen molar-refractivity contribution in [2.75, 3.05) is 0 Å². The van der Waals surface area contributed by atoms with Crippen LogP contribution in [0.5, 0.6) is 0 Å². The van der Waals surface area contributed by atoms with Gasteiger partial charge in [0.2, 0.25) is 0 Å². The molecule has 2 aromatic carbocycles. The van der Waals surface area contributed by atoms with E-state index in [9.17, 15) is 0 Å². The van der Waals surface area contributed by atoms with E-state index in [1.165, 1.54) is 27.5 Å². The van der Waals surface area contributed by atoms with Crippen molar-refractivity contribution in [1.29, 1.82) is 0 Å². The summed E-state index contributed by atoms with van der Waals surface area (Å²) in [6.07, 6.45) is 5.52. The third kappa shape index (κ3) is 0.884. The largest absolute Gasteiger partial charge is 0.0613 e. The maximum Gasteiger partial charge on any atom is -0.00361 e. The van der Waals surface area contributed by atoms with Crippen molar-refractivity contribution in [1.82, 2.24) is 0 Å². The second-order valence-electron chi connectivity index (χ2n) is 3.77. The van der Waals surface area contributed by atoms with E-state index < -0.39 is 0 Å². The van der Waals surface area contributed by atoms with Gasteiger partial charge in [-0.15, -0.1) is 0 Å². The molecule has 1 aliphatic rings. The topological polar surface area (TPSA) is 0 Å². The van der Waals surface area contributed by atoms with Crippen molar-refractivity contribution < 1.29 is 0 Å². The van der Waals surface area contributed by atoms with Crippen LogP contribution in [-0.2, 0) is 6.42 Å². The van der Waals surface area contributed by atoms with Gasteiger partial charge in [-0.3, -0.25) is 0 Å². The molecule has 0 aromatic heterocycles. The van der Waals surface area contributed by atoms with Gasteiger partial charge in [0, 0.05) is 0 Å². The molecule has 0 saturated heterocycles. The smallest absolute Gasteiger partial charge is 0.00361 e. The highest BCUT2D eigenvalue weighted by Gasteiger charge is 2.09. The summed E-state index contributed by atoms with van der Waals surface area (Å²) >= 11 is 0. The Morgan fingerprint density at radius 1 is 0.929 bits per heavy atom. The molecule has 0 nitrogen and oxygen atoms in total. The number of benzene rings is 2. The zero-order valence-corrected chi connectivity index (χ0v) is 8.25. The molecule has 68 valence electrons. The van der Waals surface area contributed by atoms with Crippen molar-refractivity contribution in [3.05, 3.63) is 47.0 Å². The molecule has 0 saturated carbocycles. The molecule has 0 aliphatic heterocycles. The van der Waals surface area contributed by atoms with Gasteiger partial charge in [0.25, 0.3) is 0 Å². The average Bonchev–Trinajstić information content (AvgIpc) is 2.65. The van der Waals surface area contributed by atoms with Crippen molar-refractivity contribution >= 4 is 22.9 Å². The highest BCUT2D eigenvalue weighted by atomic mass is 14.1. The first-order chi connectivity index (χ1) is 6.90. The molecule has 14 heavy (non-hydrogen) atoms. The summed E-state index contributed by atoms with van der Waals surface area (Å²) < 4.78 is 0. The highest BCUT2D eigenvalue weighted by Crippen LogP contribution is 2.32. The highest BCUT2D eigenvalue weighted by molar-refractivity contribution is 6.05. The molecule has 0 N–H and O–H groups in total. The minimum atomic E-state index is 1.11. The van der Waals surface area contributed by atoms with Crippen LogP contribution in [0.4, 0.5) is 0 Å². The number of rotatable bonds is 1. The van der Waals surface area contributed by atoms with Crippen LogP contribution in [-0.4, -0.2) is 0 Å². The van der Waals surface area contributed by atoms with Gasteiger partial charge in [-0.05, 0) is 33.9 Å². The van der Waals surface area contributed by atoms with E-state index in [0.717, 1.165) is 6.42 Å². The predicted octanol–water partition coefficient (Wildman–Crippen LogP) is 3.89. The maximum absolute atomic E-state index is 2.25. The molecule has 0 radical (unpaired) electrons. The fraction of sp³-hybridized carbons (Fsp3) is 0.143. The molecule has 0 heteroatoms. The standard InChI is InChI=1S/C14H12/c1-2-10-6-7-12-9-8-11-4-3-5-13(10)14(11)12/h3-9H,2H2,1H3. The zero-order chi connectivity index (χ0) is 9.54. The molecule has 0 heterocycles. The van der Waals surface area contributed by atoms with Crippen LogP contribution in [0.25, 0.3) is 22.9 Å². The Kier molecular flexibility index (Phi) is 1.51. The molecular formula is C14H12. The van der Waals surface area contributed by atoms with E-state index in [4.69, 9.17) is 0 Å². The van der Waals surface area contributed by atoms with Crippen LogP contribution in [0.2, 0.25) is 0 Å². The summed E-state index contributed by atoms with van der Waals surface area (Å²) in [7, 11) is 0. The fourth-order valence-electron chi connectivity index (χ4n) is 2.29. The quantitative estimate of drug-likeness (QED) is 0.533. The Morgan fingerprint density at radius 3 is 2.50 bits per heavy atom. The number of aryl methyl sites for hydroxylation is 1. The van der Waals surface area contributed by atoms with Crippen LogP contribution in [0.1, 0.15) is 23.6 Å². The van der Waals surface area contributed by atoms with Gasteiger partial charge in [0.15, 0.2) is 0 Å². The monoisotopic (exact) mass is 180 g/mol. The lowest BCUT2D eigenvalue weighted by Gasteiger charge is -2.06. The first kappa shape index (κ1) is 7.81. The summed E-state index contributed by atoms with van der Waals surface area (Å²) in [5.74, 6) is 0. The van der Waals surface area contributed by atoms with E-state index >= 15 is 0 Å². The minimum absolute atomic E-state index is 1.11. The lowest BCUT2D eigenvalue weighted by Crippen LogP contribution is -1.85. The lowest BCUT2D eigenvalue weighted by atomic mass is 9.98. The summed E-state index contributed by atoms with van der Waals surface area (Å²) in [5.41, 5.74) is 4.19. The summed E-state index contributed by atoms with van der Waals surface area (Å²) in [4.78, 5) is 0. The van der Waals surface area contributed by atoms with Crippen LogP contribution in [0.3, 0.4) is 0 Å². The third-order valence-corrected chi connectivity index (χ3v) is 3.02. The molecule has 0 unspecified atom stereocenters. The Hall–Kier alpha value is -1.56. The van der Waals surface area contributed by atoms with Crippen LogP contribution < -0.4 is 0 Å². The van der Waals surface area contributed by atoms with Gasteiger partial charge in [0.05, 0.1) is 0 Å². The number of hydrogen-bond acceptors (Lipinski definition) is 0. The molecule has 1 aliphatic carbocycles. The fourth-order valence-corrected chi connectivity index (χ4v) is 2.29. The molecule has 0 amide bonds. The minimum Gasteiger partial charge on any atom is -0.0613 e. The van der Waals surface area contributed by atoms with E-state index in [1.54, 1.807) is 0 Å². The molecule has 0 bridgehead atoms. The Morgan fingerprint density at radius 2 is 1.71 bits per heavy atom. The third-order valence-electron chi connectivity index (χ3n) is 3.02. The van der Waals surface area contributed by atoms with Crippen LogP contribution in [0.15, 0.2) is 30.3 Å². The van der Waals surface area contributed by atoms with E-state index in [2.05, 4.69) is 49.4 Å². The maximum atomic E-state index is 2.25. The van der Waals surface area contributed by atoms with E-state index in [0.29, 0.717) is 0 Å². The van der Waals surface area contributed by atoms with Crippen molar-refractivity contribution in [3.63, 3.8) is 0 Å². The van der Waals surface area contributed by atoms with Gasteiger partial charge in [-0.25, -0.2) is 0 Å². The van der Waals surface area contributed by atoms with Crippen molar-refractivity contribution in [3.8, 4) is 0 Å². The first-order valence-electron chi connectivity index (χ1n) is 5.13. The normalized spacial score (nSPS) is 12.6. The van der Waals surface area contributed by atoms with E-state index in [-0.39, 0.29) is 0 Å². The predicted molar refractivity (Wildman–Crippen MR) is 62.3 cm³/mol. The summed E-state index contributed by atoms with van der Waals surface area (Å²) in [6, 6.07) is 11.0. The molecule has 3 rings (SSSR count). The SMILES string of the molecule is CCc1ccc2c3c(cccc13)C=C2. The Bertz CT molecular complexity index is 521. The first-order valence-corrected chi connectivity index (χ1v) is 5.13. The van der Waals surface area contributed by atoms with Gasteiger partial charge >= 0.3 is 0 Å². The van der Waals surface area contributed by atoms with Crippen molar-refractivity contribution in [2.24, 2.45) is 0 Å². The number of hydrogen-bond donors (Lipinski definition) is 0. The van der Waals surface area contributed by atoms with Gasteiger partial charge in [-0.1, -0.05) is 49.4 Å². The molecule has 0 atom stereocenters. The van der Waals surface area contributed by atoms with E-state index in [1.807, 2.05) is 0 Å². The average molecular weight is 180 g/mol. The zero-order valence-electron chi connectivity index (χ0n) is 8.25.